The Labute approximate surface area is 214 Å². The number of likely N-dealkylation sites (N-methyl/N-ethyl adjacent to an activating group) is 1. The summed E-state index contributed by atoms with van der Waals surface area (Å²) in [6.45, 7) is 5.50. The normalized spacial score (nSPS) is 20.4. The number of esters is 1. The molecule has 0 fully saturated rings. The average molecular weight is 527 g/mol. The molecule has 2 aliphatic rings. The van der Waals surface area contributed by atoms with Gasteiger partial charge in [0.1, 0.15) is 18.4 Å². The van der Waals surface area contributed by atoms with Crippen molar-refractivity contribution in [3.63, 3.8) is 0 Å². The summed E-state index contributed by atoms with van der Waals surface area (Å²) in [5.41, 5.74) is 1.28. The van der Waals surface area contributed by atoms with Gasteiger partial charge in [-0.2, -0.15) is 18.3 Å². The van der Waals surface area contributed by atoms with E-state index in [9.17, 15) is 22.8 Å². The lowest BCUT2D eigenvalue weighted by Gasteiger charge is -2.35. The third-order valence-electron chi connectivity index (χ3n) is 5.97. The van der Waals surface area contributed by atoms with Crippen LogP contribution in [-0.2, 0) is 25.5 Å². The number of rotatable bonds is 12. The topological polar surface area (TPSA) is 93.0 Å². The highest BCUT2D eigenvalue weighted by Gasteiger charge is 2.53. The second-order valence-electron chi connectivity index (χ2n) is 8.64. The van der Waals surface area contributed by atoms with Crippen LogP contribution in [0.1, 0.15) is 39.2 Å². The summed E-state index contributed by atoms with van der Waals surface area (Å²) in [6, 6.07) is 4.93. The second kappa shape index (κ2) is 12.4. The molecule has 2 unspecified atom stereocenters. The lowest BCUT2D eigenvalue weighted by atomic mass is 9.98. The number of hydrazone groups is 1. The first kappa shape index (κ1) is 28.4. The van der Waals surface area contributed by atoms with E-state index >= 15 is 0 Å². The number of carbonyl (C=O) groups is 2. The van der Waals surface area contributed by atoms with E-state index in [1.54, 1.807) is 45.2 Å². The third kappa shape index (κ3) is 6.79. The Morgan fingerprint density at radius 2 is 1.84 bits per heavy atom. The number of nitrogens with zero attached hydrogens (tertiary/aromatic N) is 4. The van der Waals surface area contributed by atoms with Crippen LogP contribution >= 0.6 is 0 Å². The van der Waals surface area contributed by atoms with Gasteiger partial charge < -0.3 is 14.2 Å². The Morgan fingerprint density at radius 3 is 2.43 bits per heavy atom. The Bertz CT molecular complexity index is 1010. The fraction of sp³-hybridized carbons (Fsp3) is 0.600. The molecule has 3 rings (SSSR count). The van der Waals surface area contributed by atoms with Crippen LogP contribution in [0.4, 0.5) is 13.2 Å². The Kier molecular flexibility index (Phi) is 9.52. The van der Waals surface area contributed by atoms with Gasteiger partial charge >= 0.3 is 12.1 Å². The second-order valence-corrected chi connectivity index (χ2v) is 8.64. The summed E-state index contributed by atoms with van der Waals surface area (Å²) < 4.78 is 57.6. The molecule has 204 valence electrons. The first-order valence-corrected chi connectivity index (χ1v) is 12.4. The minimum absolute atomic E-state index is 0.172. The van der Waals surface area contributed by atoms with E-state index in [-0.39, 0.29) is 19.8 Å². The van der Waals surface area contributed by atoms with E-state index < -0.39 is 42.1 Å². The fourth-order valence-electron chi connectivity index (χ4n) is 4.35. The Hall–Kier alpha value is -3.15. The van der Waals surface area contributed by atoms with E-state index in [0.717, 1.165) is 5.56 Å². The highest BCUT2D eigenvalue weighted by molar-refractivity contribution is 6.10. The van der Waals surface area contributed by atoms with Crippen LogP contribution in [0.3, 0.4) is 0 Å². The molecule has 37 heavy (non-hydrogen) atoms. The van der Waals surface area contributed by atoms with Gasteiger partial charge in [-0.25, -0.2) is 4.79 Å². The first-order valence-electron chi connectivity index (χ1n) is 12.4. The quantitative estimate of drug-likeness (QED) is 0.389. The molecule has 1 aromatic rings. The summed E-state index contributed by atoms with van der Waals surface area (Å²) in [4.78, 5) is 29.7. The molecule has 2 aliphatic heterocycles. The SMILES string of the molecule is CCCC1=NN(C)C2C(=O)N(CCOc3ccc(C[C@@H](OCC)C(=O)OCC)cc3)C(C(F)(F)F)=NC12. The van der Waals surface area contributed by atoms with Gasteiger partial charge in [0.05, 0.1) is 18.9 Å². The number of amides is 1. The van der Waals surface area contributed by atoms with Crippen molar-refractivity contribution >= 4 is 23.4 Å². The highest BCUT2D eigenvalue weighted by atomic mass is 19.4. The van der Waals surface area contributed by atoms with E-state index in [1.807, 2.05) is 6.92 Å². The number of benzene rings is 1. The van der Waals surface area contributed by atoms with E-state index in [2.05, 4.69) is 10.1 Å². The molecule has 2 heterocycles. The van der Waals surface area contributed by atoms with Crippen molar-refractivity contribution in [1.82, 2.24) is 9.91 Å². The fourth-order valence-corrected chi connectivity index (χ4v) is 4.35. The maximum absolute atomic E-state index is 13.8. The maximum atomic E-state index is 13.8. The minimum atomic E-state index is -4.79. The Balaban J connectivity index is 1.65. The molecule has 9 nitrogen and oxygen atoms in total. The summed E-state index contributed by atoms with van der Waals surface area (Å²) >= 11 is 0. The lowest BCUT2D eigenvalue weighted by Crippen LogP contribution is -2.59. The summed E-state index contributed by atoms with van der Waals surface area (Å²) in [5, 5.41) is 5.67. The van der Waals surface area contributed by atoms with Gasteiger partial charge in [0.15, 0.2) is 12.1 Å². The van der Waals surface area contributed by atoms with Crippen molar-refractivity contribution < 1.29 is 37.0 Å². The summed E-state index contributed by atoms with van der Waals surface area (Å²) in [5.74, 6) is -1.96. The standard InChI is InChI=1S/C25H33F3N4O5/c1-5-8-18-20-21(31(4)30-18)22(33)32(24(29-20)25(26,27)28)13-14-37-17-11-9-16(10-12-17)15-19(35-6-2)23(34)36-7-3/h9-12,19-21H,5-8,13-15H2,1-4H3/t19-,20?,21?/m1/s1. The monoisotopic (exact) mass is 526 g/mol. The van der Waals surface area contributed by atoms with Crippen molar-refractivity contribution in [2.45, 2.75) is 64.4 Å². The smallest absolute Gasteiger partial charge is 0.449 e. The highest BCUT2D eigenvalue weighted by Crippen LogP contribution is 2.31. The van der Waals surface area contributed by atoms with Gasteiger partial charge in [-0.1, -0.05) is 25.5 Å². The van der Waals surface area contributed by atoms with Crippen LogP contribution in [-0.4, -0.2) is 91.1 Å². The first-order chi connectivity index (χ1) is 17.6. The molecule has 0 saturated carbocycles. The van der Waals surface area contributed by atoms with Gasteiger partial charge in [-0.15, -0.1) is 0 Å². The van der Waals surface area contributed by atoms with E-state index in [0.29, 0.717) is 42.2 Å². The van der Waals surface area contributed by atoms with Crippen molar-refractivity contribution in [2.75, 3.05) is 33.4 Å². The molecule has 0 aliphatic carbocycles. The van der Waals surface area contributed by atoms with Crippen LogP contribution < -0.4 is 4.74 Å². The number of hydrogen-bond acceptors (Lipinski definition) is 8. The number of halogens is 3. The summed E-state index contributed by atoms with van der Waals surface area (Å²) in [7, 11) is 1.57. The lowest BCUT2D eigenvalue weighted by molar-refractivity contribution is -0.156. The molecular formula is C25H33F3N4O5. The van der Waals surface area contributed by atoms with Gasteiger partial charge in [-0.05, 0) is 38.0 Å². The molecule has 0 aromatic heterocycles. The minimum Gasteiger partial charge on any atom is -0.492 e. The molecular weight excluding hydrogens is 493 g/mol. The van der Waals surface area contributed by atoms with E-state index in [4.69, 9.17) is 14.2 Å². The Morgan fingerprint density at radius 1 is 1.14 bits per heavy atom. The molecule has 1 amide bonds. The van der Waals surface area contributed by atoms with Crippen molar-refractivity contribution in [2.24, 2.45) is 10.1 Å². The van der Waals surface area contributed by atoms with Crippen molar-refractivity contribution in [3.05, 3.63) is 29.8 Å². The number of aliphatic imine (C=N–C) groups is 1. The molecule has 0 N–H and O–H groups in total. The van der Waals surface area contributed by atoms with Gasteiger partial charge in [-0.3, -0.25) is 19.7 Å². The van der Waals surface area contributed by atoms with Crippen molar-refractivity contribution in [3.8, 4) is 5.75 Å². The zero-order chi connectivity index (χ0) is 27.2. The molecule has 1 aromatic carbocycles. The predicted molar refractivity (Wildman–Crippen MR) is 131 cm³/mol. The zero-order valence-corrected chi connectivity index (χ0v) is 21.5. The number of amidine groups is 1. The van der Waals surface area contributed by atoms with Gasteiger partial charge in [0, 0.05) is 20.1 Å². The molecule has 0 saturated heterocycles. The number of alkyl halides is 3. The average Bonchev–Trinajstić information content (AvgIpc) is 3.16. The number of ether oxygens (including phenoxy) is 3. The number of carbonyl (C=O) groups excluding carboxylic acids is 2. The van der Waals surface area contributed by atoms with Crippen molar-refractivity contribution in [1.29, 1.82) is 0 Å². The van der Waals surface area contributed by atoms with Gasteiger partial charge in [0.2, 0.25) is 5.84 Å². The number of fused-ring (bicyclic) bond motifs is 1. The predicted octanol–water partition coefficient (Wildman–Crippen LogP) is 3.22. The molecule has 0 spiro atoms. The van der Waals surface area contributed by atoms with Crippen LogP contribution in [0.2, 0.25) is 0 Å². The molecule has 3 atom stereocenters. The molecule has 12 heteroatoms. The third-order valence-corrected chi connectivity index (χ3v) is 5.97. The maximum Gasteiger partial charge on any atom is 0.449 e. The summed E-state index contributed by atoms with van der Waals surface area (Å²) in [6.07, 6.45) is -4.07. The van der Waals surface area contributed by atoms with Crippen LogP contribution in [0.25, 0.3) is 0 Å². The molecule has 0 bridgehead atoms. The molecule has 0 radical (unpaired) electrons. The van der Waals surface area contributed by atoms with Gasteiger partial charge in [0.25, 0.3) is 5.91 Å². The van der Waals surface area contributed by atoms with E-state index in [1.165, 1.54) is 5.01 Å². The number of hydrogen-bond donors (Lipinski definition) is 0. The van der Waals surface area contributed by atoms with Crippen LogP contribution in [0.5, 0.6) is 5.75 Å². The van der Waals surface area contributed by atoms with Crippen LogP contribution in [0, 0.1) is 0 Å². The largest absolute Gasteiger partial charge is 0.492 e. The van der Waals surface area contributed by atoms with Crippen LogP contribution in [0.15, 0.2) is 34.4 Å². The zero-order valence-electron chi connectivity index (χ0n) is 21.5.